The molecule has 0 bridgehead atoms. The maximum Gasteiger partial charge on any atom is 0.389 e. The van der Waals surface area contributed by atoms with Crippen molar-refractivity contribution in [3.8, 4) is 0 Å². The zero-order valence-corrected chi connectivity index (χ0v) is 9.22. The van der Waals surface area contributed by atoms with E-state index in [2.05, 4.69) is 0 Å². The molecule has 0 aliphatic carbocycles. The highest BCUT2D eigenvalue weighted by atomic mass is 19.4. The number of likely N-dealkylation sites (N-methyl/N-ethyl adjacent to an activating group) is 1. The Bertz CT molecular complexity index is 243. The summed E-state index contributed by atoms with van der Waals surface area (Å²) in [6.07, 6.45) is -5.83. The summed E-state index contributed by atoms with van der Waals surface area (Å²) in [6, 6.07) is 0. The minimum absolute atomic E-state index is 0.0575. The van der Waals surface area contributed by atoms with Crippen LogP contribution < -0.4 is 0 Å². The predicted octanol–water partition coefficient (Wildman–Crippen LogP) is 1.62. The highest BCUT2D eigenvalue weighted by Gasteiger charge is 2.29. The van der Waals surface area contributed by atoms with Crippen molar-refractivity contribution in [3.63, 3.8) is 0 Å². The summed E-state index contributed by atoms with van der Waals surface area (Å²) in [4.78, 5) is 13.5. The number of halogens is 3. The minimum atomic E-state index is -4.18. The van der Waals surface area contributed by atoms with Gasteiger partial charge in [-0.05, 0) is 13.5 Å². The molecule has 0 N–H and O–H groups in total. The molecule has 1 rings (SSSR count). The van der Waals surface area contributed by atoms with Gasteiger partial charge in [-0.3, -0.25) is 4.79 Å². The molecule has 3 nitrogen and oxygen atoms in total. The molecule has 1 aliphatic rings. The summed E-state index contributed by atoms with van der Waals surface area (Å²) in [5.74, 6) is -0.226. The summed E-state index contributed by atoms with van der Waals surface area (Å²) < 4.78 is 40.8. The lowest BCUT2D eigenvalue weighted by atomic mass is 10.1. The number of hydrogen-bond donors (Lipinski definition) is 0. The predicted molar refractivity (Wildman–Crippen MR) is 52.2 cm³/mol. The second-order valence-corrected chi connectivity index (χ2v) is 4.06. The van der Waals surface area contributed by atoms with Crippen LogP contribution in [-0.4, -0.2) is 49.7 Å². The lowest BCUT2D eigenvalue weighted by molar-refractivity contribution is -0.142. The smallest absolute Gasteiger partial charge is 0.368 e. The van der Waals surface area contributed by atoms with Crippen LogP contribution in [0.2, 0.25) is 0 Å². The fraction of sp³-hybridized carbons (Fsp3) is 0.900. The molecule has 1 saturated heterocycles. The Kier molecular flexibility index (Phi) is 4.73. The van der Waals surface area contributed by atoms with E-state index in [4.69, 9.17) is 4.74 Å². The number of ketones is 1. The Hall–Kier alpha value is -0.620. The molecule has 0 saturated carbocycles. The summed E-state index contributed by atoms with van der Waals surface area (Å²) in [6.45, 7) is 1.70. The normalized spacial score (nSPS) is 23.4. The number of carbonyl (C=O) groups excluding carboxylic acids is 1. The highest BCUT2D eigenvalue weighted by molar-refractivity contribution is 5.83. The molecule has 6 heteroatoms. The largest absolute Gasteiger partial charge is 0.389 e. The van der Waals surface area contributed by atoms with Gasteiger partial charge in [-0.1, -0.05) is 0 Å². The standard InChI is InChI=1S/C10H16F3NO2/c1-14-5-6-16-9(7-14)8(15)3-2-4-10(11,12)13/h9H,2-7H2,1H3. The molecule has 0 aromatic carbocycles. The summed E-state index contributed by atoms with van der Waals surface area (Å²) >= 11 is 0. The van der Waals surface area contributed by atoms with Crippen molar-refractivity contribution in [3.05, 3.63) is 0 Å². The summed E-state index contributed by atoms with van der Waals surface area (Å²) in [5, 5.41) is 0. The zero-order chi connectivity index (χ0) is 12.2. The highest BCUT2D eigenvalue weighted by Crippen LogP contribution is 2.22. The van der Waals surface area contributed by atoms with E-state index in [1.807, 2.05) is 11.9 Å². The van der Waals surface area contributed by atoms with Gasteiger partial charge in [0, 0.05) is 25.9 Å². The number of morpholine rings is 1. The average molecular weight is 239 g/mol. The van der Waals surface area contributed by atoms with Crippen molar-refractivity contribution in [1.82, 2.24) is 4.90 Å². The van der Waals surface area contributed by atoms with Crippen LogP contribution in [0, 0.1) is 0 Å². The third kappa shape index (κ3) is 4.94. The van der Waals surface area contributed by atoms with E-state index in [0.29, 0.717) is 13.2 Å². The van der Waals surface area contributed by atoms with Crippen molar-refractivity contribution in [1.29, 1.82) is 0 Å². The van der Waals surface area contributed by atoms with Gasteiger partial charge in [-0.2, -0.15) is 13.2 Å². The van der Waals surface area contributed by atoms with Gasteiger partial charge in [0.05, 0.1) is 6.61 Å². The quantitative estimate of drug-likeness (QED) is 0.746. The van der Waals surface area contributed by atoms with Crippen molar-refractivity contribution in [2.24, 2.45) is 0 Å². The van der Waals surface area contributed by atoms with E-state index in [0.717, 1.165) is 6.54 Å². The van der Waals surface area contributed by atoms with Crippen LogP contribution in [0.3, 0.4) is 0 Å². The van der Waals surface area contributed by atoms with E-state index in [-0.39, 0.29) is 18.6 Å². The van der Waals surface area contributed by atoms with Crippen LogP contribution in [-0.2, 0) is 9.53 Å². The molecule has 0 amide bonds. The number of Topliss-reactive ketones (excluding diaryl/α,β-unsaturated/α-hetero) is 1. The number of alkyl halides is 3. The number of ether oxygens (including phenoxy) is 1. The van der Waals surface area contributed by atoms with Crippen molar-refractivity contribution in [2.45, 2.75) is 31.5 Å². The topological polar surface area (TPSA) is 29.5 Å². The van der Waals surface area contributed by atoms with Gasteiger partial charge >= 0.3 is 6.18 Å². The van der Waals surface area contributed by atoms with Gasteiger partial charge < -0.3 is 9.64 Å². The monoisotopic (exact) mass is 239 g/mol. The number of nitrogens with zero attached hydrogens (tertiary/aromatic N) is 1. The van der Waals surface area contributed by atoms with Crippen molar-refractivity contribution >= 4 is 5.78 Å². The molecule has 0 spiro atoms. The lowest BCUT2D eigenvalue weighted by Gasteiger charge is -2.29. The van der Waals surface area contributed by atoms with Gasteiger partial charge in [0.2, 0.25) is 0 Å². The van der Waals surface area contributed by atoms with Gasteiger partial charge in [-0.15, -0.1) is 0 Å². The third-order valence-corrected chi connectivity index (χ3v) is 2.51. The van der Waals surface area contributed by atoms with Crippen LogP contribution in [0.25, 0.3) is 0 Å². The molecule has 94 valence electrons. The Morgan fingerprint density at radius 3 is 2.75 bits per heavy atom. The average Bonchev–Trinajstić information content (AvgIpc) is 2.15. The molecular formula is C10H16F3NO2. The number of hydrogen-bond acceptors (Lipinski definition) is 3. The molecule has 1 fully saturated rings. The first-order valence-corrected chi connectivity index (χ1v) is 5.28. The molecule has 0 aromatic rings. The van der Waals surface area contributed by atoms with Gasteiger partial charge in [0.25, 0.3) is 0 Å². The minimum Gasteiger partial charge on any atom is -0.368 e. The fourth-order valence-corrected chi connectivity index (χ4v) is 1.60. The number of rotatable bonds is 4. The molecule has 1 aliphatic heterocycles. The first-order chi connectivity index (χ1) is 7.38. The van der Waals surface area contributed by atoms with Crippen molar-refractivity contribution in [2.75, 3.05) is 26.7 Å². The fourth-order valence-electron chi connectivity index (χ4n) is 1.60. The van der Waals surface area contributed by atoms with Crippen molar-refractivity contribution < 1.29 is 22.7 Å². The van der Waals surface area contributed by atoms with E-state index in [1.54, 1.807) is 0 Å². The molecule has 1 heterocycles. The Morgan fingerprint density at radius 1 is 1.50 bits per heavy atom. The Labute approximate surface area is 92.5 Å². The summed E-state index contributed by atoms with van der Waals surface area (Å²) in [5.41, 5.74) is 0. The Balaban J connectivity index is 2.24. The van der Waals surface area contributed by atoms with E-state index in [1.165, 1.54) is 0 Å². The molecular weight excluding hydrogens is 223 g/mol. The van der Waals surface area contributed by atoms with E-state index in [9.17, 15) is 18.0 Å². The van der Waals surface area contributed by atoms with Gasteiger partial charge in [0.15, 0.2) is 5.78 Å². The van der Waals surface area contributed by atoms with E-state index < -0.39 is 18.7 Å². The van der Waals surface area contributed by atoms with Crippen LogP contribution >= 0.6 is 0 Å². The van der Waals surface area contributed by atoms with Gasteiger partial charge in [0.1, 0.15) is 6.10 Å². The second-order valence-electron chi connectivity index (χ2n) is 4.06. The summed E-state index contributed by atoms with van der Waals surface area (Å²) in [7, 11) is 1.86. The molecule has 1 atom stereocenters. The number of carbonyl (C=O) groups is 1. The SMILES string of the molecule is CN1CCOC(C(=O)CCCC(F)(F)F)C1. The van der Waals surface area contributed by atoms with Crippen LogP contribution in [0.4, 0.5) is 13.2 Å². The first-order valence-electron chi connectivity index (χ1n) is 5.28. The Morgan fingerprint density at radius 2 is 2.19 bits per heavy atom. The van der Waals surface area contributed by atoms with Crippen LogP contribution in [0.15, 0.2) is 0 Å². The second kappa shape index (κ2) is 5.63. The van der Waals surface area contributed by atoms with E-state index >= 15 is 0 Å². The molecule has 0 aromatic heterocycles. The zero-order valence-electron chi connectivity index (χ0n) is 9.22. The molecule has 1 unspecified atom stereocenters. The first kappa shape index (κ1) is 13.4. The molecule has 0 radical (unpaired) electrons. The third-order valence-electron chi connectivity index (χ3n) is 2.51. The maximum atomic E-state index is 11.9. The molecule has 16 heavy (non-hydrogen) atoms. The maximum absolute atomic E-state index is 11.9. The van der Waals surface area contributed by atoms with Crippen LogP contribution in [0.1, 0.15) is 19.3 Å². The van der Waals surface area contributed by atoms with Gasteiger partial charge in [-0.25, -0.2) is 0 Å². The lowest BCUT2D eigenvalue weighted by Crippen LogP contribution is -2.44. The van der Waals surface area contributed by atoms with Crippen LogP contribution in [0.5, 0.6) is 0 Å².